The van der Waals surface area contributed by atoms with Gasteiger partial charge in [-0.25, -0.2) is 4.39 Å². The molecule has 1 aliphatic carbocycles. The van der Waals surface area contributed by atoms with E-state index in [1.54, 1.807) is 12.1 Å². The number of fused-ring (bicyclic) bond motifs is 1. The highest BCUT2D eigenvalue weighted by Crippen LogP contribution is 2.29. The molecule has 1 heterocycles. The maximum Gasteiger partial charge on any atom is 0.123 e. The van der Waals surface area contributed by atoms with E-state index in [4.69, 9.17) is 5.73 Å². The van der Waals surface area contributed by atoms with Crippen molar-refractivity contribution in [1.29, 1.82) is 0 Å². The molecule has 0 spiro atoms. The van der Waals surface area contributed by atoms with E-state index in [0.717, 1.165) is 41.1 Å². The number of rotatable bonds is 1. The molecule has 17 heavy (non-hydrogen) atoms. The topological polar surface area (TPSA) is 54.7 Å². The smallest absolute Gasteiger partial charge is 0.123 e. The van der Waals surface area contributed by atoms with Crippen LogP contribution >= 0.6 is 0 Å². The minimum Gasteiger partial charge on any atom is -0.402 e. The number of hydrogen-bond donors (Lipinski definition) is 2. The molecule has 0 amide bonds. The van der Waals surface area contributed by atoms with Crippen LogP contribution in [0.2, 0.25) is 0 Å². The van der Waals surface area contributed by atoms with Crippen molar-refractivity contribution in [2.24, 2.45) is 5.73 Å². The van der Waals surface area contributed by atoms with Gasteiger partial charge in [-0.1, -0.05) is 0 Å². The van der Waals surface area contributed by atoms with Gasteiger partial charge in [-0.15, -0.1) is 0 Å². The maximum absolute atomic E-state index is 12.9. The average Bonchev–Trinajstić information content (AvgIpc) is 2.73. The van der Waals surface area contributed by atoms with Crippen LogP contribution in [-0.2, 0) is 6.42 Å². The molecule has 0 atom stereocenters. The molecule has 0 bridgehead atoms. The van der Waals surface area contributed by atoms with E-state index < -0.39 is 0 Å². The first-order valence-corrected chi connectivity index (χ1v) is 5.53. The highest BCUT2D eigenvalue weighted by molar-refractivity contribution is 5.75. The number of aryl methyl sites for hydroxylation is 1. The Labute approximate surface area is 98.2 Å². The van der Waals surface area contributed by atoms with Crippen molar-refractivity contribution < 1.29 is 4.39 Å². The van der Waals surface area contributed by atoms with Gasteiger partial charge in [0, 0.05) is 22.5 Å². The standard InChI is InChI=1S/C13H12FN3/c14-9-3-1-8(2-4-9)13-11-7-10(15)5-6-12(11)16-17-13/h1-4,7H,5-6,15H2,(H,16,17). The molecular formula is C13H12FN3. The first-order valence-electron chi connectivity index (χ1n) is 5.53. The molecular weight excluding hydrogens is 217 g/mol. The molecule has 2 aromatic rings. The minimum atomic E-state index is -0.242. The molecule has 0 radical (unpaired) electrons. The lowest BCUT2D eigenvalue weighted by atomic mass is 9.98. The van der Waals surface area contributed by atoms with Gasteiger partial charge in [0.2, 0.25) is 0 Å². The second-order valence-corrected chi connectivity index (χ2v) is 4.19. The van der Waals surface area contributed by atoms with E-state index in [1.807, 2.05) is 6.08 Å². The molecule has 4 heteroatoms. The molecule has 1 aliphatic rings. The number of nitrogens with zero attached hydrogens (tertiary/aromatic N) is 1. The maximum atomic E-state index is 12.9. The molecule has 0 unspecified atom stereocenters. The van der Waals surface area contributed by atoms with Gasteiger partial charge >= 0.3 is 0 Å². The number of nitrogens with two attached hydrogens (primary N) is 1. The minimum absolute atomic E-state index is 0.242. The van der Waals surface area contributed by atoms with Crippen molar-refractivity contribution in [3.05, 3.63) is 47.0 Å². The summed E-state index contributed by atoms with van der Waals surface area (Å²) in [5.74, 6) is -0.242. The lowest BCUT2D eigenvalue weighted by molar-refractivity contribution is 0.628. The summed E-state index contributed by atoms with van der Waals surface area (Å²) in [6.45, 7) is 0. The molecule has 3 rings (SSSR count). The summed E-state index contributed by atoms with van der Waals surface area (Å²) in [6.07, 6.45) is 3.69. The first-order chi connectivity index (χ1) is 8.24. The summed E-state index contributed by atoms with van der Waals surface area (Å²) in [5.41, 5.74) is 10.6. The number of aromatic nitrogens is 2. The summed E-state index contributed by atoms with van der Waals surface area (Å²) >= 11 is 0. The van der Waals surface area contributed by atoms with Crippen LogP contribution in [0.5, 0.6) is 0 Å². The van der Waals surface area contributed by atoms with Crippen LogP contribution in [0.3, 0.4) is 0 Å². The molecule has 1 aromatic carbocycles. The number of H-pyrrole nitrogens is 1. The molecule has 0 aliphatic heterocycles. The van der Waals surface area contributed by atoms with Gasteiger partial charge in [-0.3, -0.25) is 5.10 Å². The van der Waals surface area contributed by atoms with E-state index in [9.17, 15) is 4.39 Å². The van der Waals surface area contributed by atoms with Gasteiger partial charge in [-0.05, 0) is 43.2 Å². The Balaban J connectivity index is 2.11. The molecule has 1 aromatic heterocycles. The summed E-state index contributed by atoms with van der Waals surface area (Å²) in [7, 11) is 0. The van der Waals surface area contributed by atoms with Crippen LogP contribution in [0.25, 0.3) is 17.3 Å². The fourth-order valence-corrected chi connectivity index (χ4v) is 2.09. The Morgan fingerprint density at radius 2 is 1.94 bits per heavy atom. The highest BCUT2D eigenvalue weighted by Gasteiger charge is 2.16. The second kappa shape index (κ2) is 3.73. The fourth-order valence-electron chi connectivity index (χ4n) is 2.09. The number of allylic oxidation sites excluding steroid dienone is 1. The number of hydrogen-bond acceptors (Lipinski definition) is 2. The van der Waals surface area contributed by atoms with Crippen molar-refractivity contribution in [2.75, 3.05) is 0 Å². The molecule has 3 nitrogen and oxygen atoms in total. The Morgan fingerprint density at radius 3 is 2.71 bits per heavy atom. The average molecular weight is 229 g/mol. The SMILES string of the molecule is NC1=Cc2c(-c3ccc(F)cc3)n[nH]c2CC1. The van der Waals surface area contributed by atoms with Crippen molar-refractivity contribution in [3.8, 4) is 11.3 Å². The van der Waals surface area contributed by atoms with Gasteiger partial charge in [0.25, 0.3) is 0 Å². The predicted octanol–water partition coefficient (Wildman–Crippen LogP) is 2.46. The number of benzene rings is 1. The summed E-state index contributed by atoms with van der Waals surface area (Å²) in [5, 5.41) is 7.30. The quantitative estimate of drug-likeness (QED) is 0.789. The molecule has 3 N–H and O–H groups in total. The van der Waals surface area contributed by atoms with Gasteiger partial charge in [-0.2, -0.15) is 5.10 Å². The van der Waals surface area contributed by atoms with Crippen LogP contribution in [0.1, 0.15) is 17.7 Å². The molecule has 0 fully saturated rings. The zero-order valence-corrected chi connectivity index (χ0v) is 9.20. The number of nitrogens with one attached hydrogen (secondary N) is 1. The van der Waals surface area contributed by atoms with E-state index in [1.165, 1.54) is 12.1 Å². The van der Waals surface area contributed by atoms with E-state index in [0.29, 0.717) is 0 Å². The van der Waals surface area contributed by atoms with Gasteiger partial charge in [0.1, 0.15) is 5.82 Å². The summed E-state index contributed by atoms with van der Waals surface area (Å²) < 4.78 is 12.9. The third-order valence-corrected chi connectivity index (χ3v) is 2.99. The van der Waals surface area contributed by atoms with Crippen molar-refractivity contribution in [2.45, 2.75) is 12.8 Å². The highest BCUT2D eigenvalue weighted by atomic mass is 19.1. The molecule has 86 valence electrons. The Morgan fingerprint density at radius 1 is 1.18 bits per heavy atom. The van der Waals surface area contributed by atoms with E-state index >= 15 is 0 Å². The van der Waals surface area contributed by atoms with Crippen LogP contribution in [0.15, 0.2) is 30.0 Å². The van der Waals surface area contributed by atoms with Crippen molar-refractivity contribution in [1.82, 2.24) is 10.2 Å². The summed E-state index contributed by atoms with van der Waals surface area (Å²) in [4.78, 5) is 0. The third-order valence-electron chi connectivity index (χ3n) is 2.99. The molecule has 0 saturated carbocycles. The molecule has 0 saturated heterocycles. The number of halogens is 1. The van der Waals surface area contributed by atoms with E-state index in [-0.39, 0.29) is 5.82 Å². The fraction of sp³-hybridized carbons (Fsp3) is 0.154. The predicted molar refractivity (Wildman–Crippen MR) is 64.5 cm³/mol. The normalized spacial score (nSPS) is 14.3. The number of aromatic amines is 1. The van der Waals surface area contributed by atoms with Crippen LogP contribution in [0, 0.1) is 5.82 Å². The Bertz CT molecular complexity index is 581. The zero-order valence-electron chi connectivity index (χ0n) is 9.20. The largest absolute Gasteiger partial charge is 0.402 e. The zero-order chi connectivity index (χ0) is 11.8. The van der Waals surface area contributed by atoms with Crippen molar-refractivity contribution in [3.63, 3.8) is 0 Å². The van der Waals surface area contributed by atoms with Crippen LogP contribution in [-0.4, -0.2) is 10.2 Å². The lowest BCUT2D eigenvalue weighted by Crippen LogP contribution is -2.05. The summed E-state index contributed by atoms with van der Waals surface area (Å²) in [6, 6.07) is 6.33. The monoisotopic (exact) mass is 229 g/mol. The van der Waals surface area contributed by atoms with Gasteiger partial charge < -0.3 is 5.73 Å². The Kier molecular flexibility index (Phi) is 2.21. The third kappa shape index (κ3) is 1.71. The lowest BCUT2D eigenvalue weighted by Gasteiger charge is -2.09. The van der Waals surface area contributed by atoms with Crippen molar-refractivity contribution >= 4 is 6.08 Å². The first kappa shape index (κ1) is 10.1. The van der Waals surface area contributed by atoms with Gasteiger partial charge in [0.15, 0.2) is 0 Å². The van der Waals surface area contributed by atoms with E-state index in [2.05, 4.69) is 10.2 Å². The second-order valence-electron chi connectivity index (χ2n) is 4.19. The van der Waals surface area contributed by atoms with Gasteiger partial charge in [0.05, 0.1) is 5.69 Å². The Hall–Kier alpha value is -2.10. The van der Waals surface area contributed by atoms with Crippen LogP contribution in [0.4, 0.5) is 4.39 Å². The van der Waals surface area contributed by atoms with Crippen LogP contribution < -0.4 is 5.73 Å².